The van der Waals surface area contributed by atoms with Gasteiger partial charge in [-0.1, -0.05) is 80.4 Å². The van der Waals surface area contributed by atoms with Crippen molar-refractivity contribution in [2.75, 3.05) is 39.3 Å². The number of aromatic amines is 1. The van der Waals surface area contributed by atoms with Crippen LogP contribution in [0.5, 0.6) is 11.5 Å². The number of thiophene rings is 2. The zero-order valence-corrected chi connectivity index (χ0v) is 59.9. The number of sulfonamides is 1. The predicted molar refractivity (Wildman–Crippen MR) is 363 cm³/mol. The van der Waals surface area contributed by atoms with Crippen LogP contribution in [0.1, 0.15) is 184 Å². The third-order valence-electron chi connectivity index (χ3n) is 20.3. The number of nitrogens with one attached hydrogen (secondary N) is 2. The van der Waals surface area contributed by atoms with Gasteiger partial charge in [-0.3, -0.25) is 38.8 Å². The molecule has 0 radical (unpaired) electrons. The quantitative estimate of drug-likeness (QED) is 0.0476. The van der Waals surface area contributed by atoms with Gasteiger partial charge in [0, 0.05) is 112 Å². The molecule has 4 fully saturated rings. The first-order valence-electron chi connectivity index (χ1n) is 34.7. The zero-order chi connectivity index (χ0) is 76.2. The Morgan fingerprint density at radius 3 is 1.78 bits per heavy atom. The van der Waals surface area contributed by atoms with E-state index in [1.54, 1.807) is 43.0 Å². The normalized spacial score (nSPS) is 20.9. The Kier molecular flexibility index (Phi) is 24.0. The number of aliphatic hydroxyl groups excluding tert-OH is 1. The number of aryl methyl sites for hydroxylation is 3. The van der Waals surface area contributed by atoms with E-state index in [9.17, 15) is 62.6 Å². The Bertz CT molecular complexity index is 4350. The maximum absolute atomic E-state index is 15.7. The number of pyridine rings is 2. The van der Waals surface area contributed by atoms with Crippen LogP contribution < -0.4 is 14.2 Å². The SMILES string of the molecule is CCC[C@H]1N(C(=O)c2cnccc2C(F)(F)F)CCC[C@@]1(Oc1csc(C(F)(F)F)c1)C(=O)N1CCC(c2ccccc2CCC(=O)NS(=O)(=O)Cc2cncc(C(=O)N3CCC[C@@](Oc4csc(C(F)(F)F)c4)(C(O)N4CCC(c5ccccc5CCc5nn[nH]n5)CC4)[C@H]3CCC)c2C(F)(F)F)CC1. The third-order valence-corrected chi connectivity index (χ3v) is 23.5. The fourth-order valence-corrected chi connectivity index (χ4v) is 18.1. The smallest absolute Gasteiger partial charge is 0.425 e. The summed E-state index contributed by atoms with van der Waals surface area (Å²) in [6, 6.07) is 14.2. The van der Waals surface area contributed by atoms with Crippen LogP contribution in [0.2, 0.25) is 0 Å². The second-order valence-electron chi connectivity index (χ2n) is 27.0. The van der Waals surface area contributed by atoms with E-state index in [2.05, 4.69) is 30.6 Å². The molecular formula is C71H77F12N11O9S3. The molecule has 572 valence electrons. The maximum atomic E-state index is 15.7. The number of likely N-dealkylation sites (tertiary alicyclic amines) is 4. The van der Waals surface area contributed by atoms with Gasteiger partial charge in [0.05, 0.1) is 40.1 Å². The average molecular weight is 1550 g/mol. The van der Waals surface area contributed by atoms with Crippen LogP contribution in [0.25, 0.3) is 0 Å². The number of carbonyl (C=O) groups is 4. The van der Waals surface area contributed by atoms with Crippen molar-refractivity contribution < 1.29 is 94.9 Å². The lowest BCUT2D eigenvalue weighted by Gasteiger charge is -2.54. The molecule has 4 aliphatic heterocycles. The molecule has 4 amide bonds. The van der Waals surface area contributed by atoms with E-state index in [0.29, 0.717) is 83.8 Å². The molecule has 20 nitrogen and oxygen atoms in total. The van der Waals surface area contributed by atoms with E-state index < -0.39 is 138 Å². The number of H-pyrrole nitrogens is 1. The summed E-state index contributed by atoms with van der Waals surface area (Å²) in [4.78, 5) is 69.5. The lowest BCUT2D eigenvalue weighted by Crippen LogP contribution is -2.70. The van der Waals surface area contributed by atoms with Crippen molar-refractivity contribution in [3.63, 3.8) is 0 Å². The highest BCUT2D eigenvalue weighted by Crippen LogP contribution is 2.48. The lowest BCUT2D eigenvalue weighted by atomic mass is 9.78. The van der Waals surface area contributed by atoms with E-state index >= 15 is 22.8 Å². The van der Waals surface area contributed by atoms with Crippen molar-refractivity contribution in [1.29, 1.82) is 0 Å². The molecule has 1 unspecified atom stereocenters. The van der Waals surface area contributed by atoms with Crippen molar-refractivity contribution in [2.24, 2.45) is 0 Å². The van der Waals surface area contributed by atoms with Crippen molar-refractivity contribution in [2.45, 2.75) is 188 Å². The Balaban J connectivity index is 0.782. The highest BCUT2D eigenvalue weighted by molar-refractivity contribution is 7.89. The van der Waals surface area contributed by atoms with Gasteiger partial charge >= 0.3 is 24.7 Å². The molecular weight excluding hydrogens is 1480 g/mol. The molecule has 0 aliphatic carbocycles. The first-order valence-corrected chi connectivity index (χ1v) is 38.2. The maximum Gasteiger partial charge on any atom is 0.425 e. The first kappa shape index (κ1) is 78.8. The second kappa shape index (κ2) is 32.3. The first-order chi connectivity index (χ1) is 50.2. The number of benzene rings is 2. The third kappa shape index (κ3) is 17.5. The Morgan fingerprint density at radius 2 is 1.21 bits per heavy atom. The average Bonchev–Trinajstić information content (AvgIpc) is 0.933. The van der Waals surface area contributed by atoms with Crippen LogP contribution in [-0.4, -0.2) is 156 Å². The van der Waals surface area contributed by atoms with Gasteiger partial charge in [0.2, 0.25) is 21.5 Å². The minimum absolute atomic E-state index is 0.00209. The summed E-state index contributed by atoms with van der Waals surface area (Å²) < 4.78 is 217. The van der Waals surface area contributed by atoms with Crippen molar-refractivity contribution in [3.8, 4) is 11.5 Å². The van der Waals surface area contributed by atoms with Gasteiger partial charge in [-0.25, -0.2) is 8.42 Å². The molecule has 5 aromatic heterocycles. The summed E-state index contributed by atoms with van der Waals surface area (Å²) in [6.45, 7) is 3.58. The minimum Gasteiger partial charge on any atom is -0.480 e. The lowest BCUT2D eigenvalue weighted by molar-refractivity contribution is -0.184. The molecule has 106 heavy (non-hydrogen) atoms. The molecule has 9 heterocycles. The van der Waals surface area contributed by atoms with Gasteiger partial charge in [-0.05, 0) is 111 Å². The number of hydrogen-bond donors (Lipinski definition) is 3. The van der Waals surface area contributed by atoms with Crippen LogP contribution in [0, 0.1) is 0 Å². The predicted octanol–water partition coefficient (Wildman–Crippen LogP) is 13.6. The fraction of sp³-hybridized carbons (Fsp3) is 0.507. The number of aliphatic hydroxyl groups is 1. The van der Waals surface area contributed by atoms with Gasteiger partial charge in [0.1, 0.15) is 27.5 Å². The number of alkyl halides is 12. The van der Waals surface area contributed by atoms with Crippen LogP contribution in [0.3, 0.4) is 0 Å². The van der Waals surface area contributed by atoms with Crippen LogP contribution in [0.15, 0.2) is 102 Å². The molecule has 3 N–H and O–H groups in total. The number of halogens is 12. The van der Waals surface area contributed by atoms with Gasteiger partial charge < -0.3 is 29.3 Å². The molecule has 2 aromatic carbocycles. The molecule has 4 aliphatic rings. The summed E-state index contributed by atoms with van der Waals surface area (Å²) in [5, 5.41) is 29.2. The summed E-state index contributed by atoms with van der Waals surface area (Å²) in [7, 11) is -5.03. The number of nitrogens with zero attached hydrogens (tertiary/aromatic N) is 9. The summed E-state index contributed by atoms with van der Waals surface area (Å²) in [5.74, 6) is -6.15. The second-order valence-corrected chi connectivity index (χ2v) is 30.6. The number of amides is 4. The zero-order valence-electron chi connectivity index (χ0n) is 57.5. The summed E-state index contributed by atoms with van der Waals surface area (Å²) >= 11 is 0.643. The van der Waals surface area contributed by atoms with Crippen LogP contribution in [0.4, 0.5) is 52.7 Å². The van der Waals surface area contributed by atoms with Crippen molar-refractivity contribution in [1.82, 2.24) is 54.9 Å². The highest BCUT2D eigenvalue weighted by atomic mass is 32.2. The number of aromatic nitrogens is 6. The van der Waals surface area contributed by atoms with Gasteiger partial charge in [-0.15, -0.1) is 32.9 Å². The highest BCUT2D eigenvalue weighted by Gasteiger charge is 2.58. The molecule has 0 saturated carbocycles. The molecule has 0 bridgehead atoms. The van der Waals surface area contributed by atoms with Crippen molar-refractivity contribution in [3.05, 3.63) is 168 Å². The number of hydrogen-bond acceptors (Lipinski definition) is 17. The largest absolute Gasteiger partial charge is 0.480 e. The molecule has 35 heteroatoms. The molecule has 4 saturated heterocycles. The number of ether oxygens (including phenoxy) is 2. The molecule has 7 aromatic rings. The topological polar surface area (TPSA) is 246 Å². The van der Waals surface area contributed by atoms with Gasteiger partial charge in [-0.2, -0.15) is 57.9 Å². The standard InChI is InChI=1S/C71H77F12N11O9S3/c1-3-11-55-66(102-48-35-57(104-40-48)69(75,76)77,26-9-29-93(55)62(96)52-38-84-28-21-54(52)68(72,73)74)64(98)91-33-24-46(25-34-91)51-16-8-6-14-44(51)18-20-60(95)88-106(100,101)42-47-37-85-39-53(61(47)71(81,82)83)63(97)94-30-10-27-67(56(94)12-4-2,103-49-36-58(105-41-49)70(78,79)80)65(99)92-31-22-45(23-32-92)50-15-7-5-13-43(50)17-19-59-86-89-90-87-59/h5-8,13-16,21,28,35-41,45-46,55-56,65,99H,3-4,9-12,17-20,22-27,29-34,42H2,1-2H3,(H,88,95)(H,86,87,89,90)/t55-,56-,65?,66+,67+/m1/s1. The Hall–Kier alpha value is -8.28. The Morgan fingerprint density at radius 1 is 0.651 bits per heavy atom. The Labute approximate surface area is 610 Å². The molecule has 11 rings (SSSR count). The van der Waals surface area contributed by atoms with E-state index in [1.165, 1.54) is 4.90 Å². The van der Waals surface area contributed by atoms with Gasteiger partial charge in [0.25, 0.3) is 17.7 Å². The number of tetrazole rings is 1. The van der Waals surface area contributed by atoms with Gasteiger partial charge in [0.15, 0.2) is 11.4 Å². The monoisotopic (exact) mass is 1550 g/mol. The van der Waals surface area contributed by atoms with Crippen LogP contribution >= 0.6 is 22.7 Å². The summed E-state index contributed by atoms with van der Waals surface area (Å²) in [5.41, 5.74) is -6.52. The van der Waals surface area contributed by atoms with Crippen molar-refractivity contribution >= 4 is 56.3 Å². The summed E-state index contributed by atoms with van der Waals surface area (Å²) in [6.07, 6.45) is -16.5. The van der Waals surface area contributed by atoms with E-state index in [4.69, 9.17) is 9.47 Å². The van der Waals surface area contributed by atoms with E-state index in [0.717, 1.165) is 56.2 Å². The minimum atomic E-state index is -5.44. The van der Waals surface area contributed by atoms with Crippen LogP contribution in [-0.2, 0) is 69.3 Å². The number of carbonyl (C=O) groups excluding carboxylic acids is 4. The number of rotatable bonds is 24. The fourth-order valence-electron chi connectivity index (χ4n) is 15.6. The van der Waals surface area contributed by atoms with E-state index in [-0.39, 0.29) is 133 Å². The van der Waals surface area contributed by atoms with E-state index in [1.807, 2.05) is 29.0 Å². The molecule has 5 atom stereocenters. The molecule has 0 spiro atoms. The number of piperidine rings is 4.